The molecule has 0 saturated heterocycles. The molecular formula is C16H25Br2NO. The summed E-state index contributed by atoms with van der Waals surface area (Å²) in [7, 11) is 1.78. The summed E-state index contributed by atoms with van der Waals surface area (Å²) in [6, 6.07) is 0. The van der Waals surface area contributed by atoms with E-state index in [1.807, 2.05) is 0 Å². The maximum absolute atomic E-state index is 5.65. The van der Waals surface area contributed by atoms with Gasteiger partial charge in [-0.3, -0.25) is 4.99 Å². The van der Waals surface area contributed by atoms with Crippen LogP contribution in [0, 0.1) is 0 Å². The van der Waals surface area contributed by atoms with Crippen molar-refractivity contribution < 1.29 is 4.74 Å². The van der Waals surface area contributed by atoms with Crippen LogP contribution in [0.1, 0.15) is 64.7 Å². The van der Waals surface area contributed by atoms with E-state index in [1.54, 1.807) is 7.05 Å². The molecule has 4 heteroatoms. The molecule has 0 amide bonds. The van der Waals surface area contributed by atoms with E-state index in [9.17, 15) is 0 Å². The fourth-order valence-electron chi connectivity index (χ4n) is 2.33. The van der Waals surface area contributed by atoms with Gasteiger partial charge in [0.25, 0.3) is 0 Å². The van der Waals surface area contributed by atoms with Gasteiger partial charge in [-0.2, -0.15) is 0 Å². The Balaban J connectivity index is 2.21. The predicted molar refractivity (Wildman–Crippen MR) is 94.6 cm³/mol. The Morgan fingerprint density at radius 3 is 2.20 bits per heavy atom. The van der Waals surface area contributed by atoms with Crippen LogP contribution < -0.4 is 0 Å². The van der Waals surface area contributed by atoms with E-state index in [4.69, 9.17) is 4.74 Å². The second-order valence-corrected chi connectivity index (χ2v) is 7.80. The lowest BCUT2D eigenvalue weighted by molar-refractivity contribution is 0.448. The molecule has 0 N–H and O–H groups in total. The van der Waals surface area contributed by atoms with Gasteiger partial charge in [0.15, 0.2) is 5.76 Å². The molecule has 114 valence electrons. The van der Waals surface area contributed by atoms with Crippen molar-refractivity contribution in [2.24, 2.45) is 4.99 Å². The van der Waals surface area contributed by atoms with Crippen LogP contribution in [0.25, 0.3) is 0 Å². The van der Waals surface area contributed by atoms with E-state index in [0.717, 1.165) is 21.5 Å². The minimum atomic E-state index is 0.763. The van der Waals surface area contributed by atoms with E-state index in [1.165, 1.54) is 56.9 Å². The highest BCUT2D eigenvalue weighted by Crippen LogP contribution is 2.30. The third-order valence-corrected chi connectivity index (χ3v) is 4.26. The monoisotopic (exact) mass is 405 g/mol. The van der Waals surface area contributed by atoms with Gasteiger partial charge in [0.05, 0.1) is 0 Å². The molecule has 0 aliphatic carbocycles. The quantitative estimate of drug-likeness (QED) is 0.402. The lowest BCUT2D eigenvalue weighted by Crippen LogP contribution is -2.00. The Morgan fingerprint density at radius 1 is 1.05 bits per heavy atom. The van der Waals surface area contributed by atoms with Crippen LogP contribution in [0.5, 0.6) is 0 Å². The van der Waals surface area contributed by atoms with Crippen molar-refractivity contribution in [3.05, 3.63) is 20.8 Å². The summed E-state index contributed by atoms with van der Waals surface area (Å²) in [5.74, 6) is 1.58. The van der Waals surface area contributed by atoms with Crippen molar-refractivity contribution in [3.8, 4) is 0 Å². The molecule has 0 saturated carbocycles. The second-order valence-electron chi connectivity index (χ2n) is 5.15. The van der Waals surface area contributed by atoms with E-state index in [0.29, 0.717) is 0 Å². The maximum atomic E-state index is 5.65. The van der Waals surface area contributed by atoms with Gasteiger partial charge in [0, 0.05) is 12.6 Å². The average Bonchev–Trinajstić information content (AvgIpc) is 2.85. The molecule has 1 aliphatic heterocycles. The molecule has 0 spiro atoms. The molecule has 1 heterocycles. The van der Waals surface area contributed by atoms with E-state index < -0.39 is 0 Å². The van der Waals surface area contributed by atoms with Crippen LogP contribution in [0.2, 0.25) is 0 Å². The first-order valence-electron chi connectivity index (χ1n) is 7.60. The number of nitrogens with zero attached hydrogens (tertiary/aromatic N) is 1. The lowest BCUT2D eigenvalue weighted by atomic mass is 10.0. The Labute approximate surface area is 140 Å². The molecule has 2 nitrogen and oxygen atoms in total. The maximum Gasteiger partial charge on any atom is 0.217 e. The standard InChI is InChI=1S/C16H25Br2NO/c1-3-4-5-6-7-8-9-10-11-13-12-14(15(17)18)20-16(13)19-2/h12H,3-11H2,1-2H3. The van der Waals surface area contributed by atoms with Crippen molar-refractivity contribution in [1.29, 1.82) is 0 Å². The van der Waals surface area contributed by atoms with Gasteiger partial charge >= 0.3 is 0 Å². The summed E-state index contributed by atoms with van der Waals surface area (Å²) in [5, 5.41) is 0. The van der Waals surface area contributed by atoms with Gasteiger partial charge in [-0.1, -0.05) is 51.9 Å². The first kappa shape index (κ1) is 18.0. The second kappa shape index (κ2) is 10.6. The summed E-state index contributed by atoms with van der Waals surface area (Å²) in [6.45, 7) is 2.26. The molecule has 20 heavy (non-hydrogen) atoms. The van der Waals surface area contributed by atoms with Crippen LogP contribution >= 0.6 is 31.9 Å². The van der Waals surface area contributed by atoms with E-state index in [-0.39, 0.29) is 0 Å². The summed E-state index contributed by atoms with van der Waals surface area (Å²) < 4.78 is 6.49. The SMILES string of the molecule is CCCCCCCCCCC1=CC(=C(Br)Br)OC1=NC. The molecule has 0 aromatic rings. The molecule has 0 atom stereocenters. The van der Waals surface area contributed by atoms with Gasteiger partial charge in [-0.25, -0.2) is 0 Å². The molecule has 0 unspecified atom stereocenters. The van der Waals surface area contributed by atoms with Crippen LogP contribution in [-0.4, -0.2) is 12.9 Å². The van der Waals surface area contributed by atoms with Crippen LogP contribution in [0.4, 0.5) is 0 Å². The first-order valence-corrected chi connectivity index (χ1v) is 9.18. The van der Waals surface area contributed by atoms with Crippen molar-refractivity contribution >= 4 is 37.8 Å². The largest absolute Gasteiger partial charge is 0.437 e. The Hall–Kier alpha value is -0.0900. The van der Waals surface area contributed by atoms with Gasteiger partial charge in [0.2, 0.25) is 5.90 Å². The number of ether oxygens (including phenoxy) is 1. The van der Waals surface area contributed by atoms with E-state index >= 15 is 0 Å². The number of unbranched alkanes of at least 4 members (excludes halogenated alkanes) is 7. The van der Waals surface area contributed by atoms with Crippen molar-refractivity contribution in [3.63, 3.8) is 0 Å². The summed E-state index contributed by atoms with van der Waals surface area (Å²) in [5.41, 5.74) is 1.21. The van der Waals surface area contributed by atoms with Crippen LogP contribution in [0.15, 0.2) is 25.8 Å². The molecule has 1 rings (SSSR count). The van der Waals surface area contributed by atoms with Crippen LogP contribution in [0.3, 0.4) is 0 Å². The van der Waals surface area contributed by atoms with Gasteiger partial charge < -0.3 is 4.74 Å². The normalized spacial score (nSPS) is 16.5. The van der Waals surface area contributed by atoms with Crippen LogP contribution in [-0.2, 0) is 4.74 Å². The fourth-order valence-corrected chi connectivity index (χ4v) is 2.72. The minimum Gasteiger partial charge on any atom is -0.437 e. The average molecular weight is 407 g/mol. The van der Waals surface area contributed by atoms with Gasteiger partial charge in [-0.15, -0.1) is 0 Å². The van der Waals surface area contributed by atoms with Crippen molar-refractivity contribution in [2.45, 2.75) is 64.7 Å². The van der Waals surface area contributed by atoms with E-state index in [2.05, 4.69) is 49.9 Å². The van der Waals surface area contributed by atoms with Crippen molar-refractivity contribution in [1.82, 2.24) is 0 Å². The summed E-state index contributed by atoms with van der Waals surface area (Å²) in [4.78, 5) is 4.20. The Morgan fingerprint density at radius 2 is 1.65 bits per heavy atom. The first-order chi connectivity index (χ1) is 9.69. The minimum absolute atomic E-state index is 0.763. The number of halogens is 2. The smallest absolute Gasteiger partial charge is 0.217 e. The Bertz CT molecular complexity index is 382. The molecule has 0 aromatic heterocycles. The number of rotatable bonds is 9. The molecule has 1 aliphatic rings. The third-order valence-electron chi connectivity index (χ3n) is 3.48. The number of aliphatic imine (C=N–C) groups is 1. The highest BCUT2D eigenvalue weighted by atomic mass is 79.9. The highest BCUT2D eigenvalue weighted by Gasteiger charge is 2.19. The fraction of sp³-hybridized carbons (Fsp3) is 0.688. The molecule has 0 fully saturated rings. The molecule has 0 radical (unpaired) electrons. The highest BCUT2D eigenvalue weighted by molar-refractivity contribution is 9.28. The topological polar surface area (TPSA) is 21.6 Å². The van der Waals surface area contributed by atoms with Crippen molar-refractivity contribution in [2.75, 3.05) is 7.05 Å². The molecule has 0 bridgehead atoms. The molecule has 0 aromatic carbocycles. The zero-order chi connectivity index (χ0) is 14.8. The number of hydrogen-bond donors (Lipinski definition) is 0. The lowest BCUT2D eigenvalue weighted by Gasteiger charge is -2.04. The molecular weight excluding hydrogens is 382 g/mol. The predicted octanol–water partition coefficient (Wildman–Crippen LogP) is 6.46. The zero-order valence-corrected chi connectivity index (χ0v) is 15.7. The number of allylic oxidation sites excluding steroid dienone is 1. The van der Waals surface area contributed by atoms with Gasteiger partial charge in [0.1, 0.15) is 3.39 Å². The number of hydrogen-bond acceptors (Lipinski definition) is 2. The zero-order valence-electron chi connectivity index (χ0n) is 12.6. The Kier molecular flexibility index (Phi) is 9.53. The third kappa shape index (κ3) is 6.57. The summed E-state index contributed by atoms with van der Waals surface area (Å²) >= 11 is 6.76. The summed E-state index contributed by atoms with van der Waals surface area (Å²) in [6.07, 6.45) is 13.9. The van der Waals surface area contributed by atoms with Gasteiger partial charge in [-0.05, 0) is 50.8 Å².